The molecule has 1 fully saturated rings. The van der Waals surface area contributed by atoms with Crippen LogP contribution >= 0.6 is 0 Å². The van der Waals surface area contributed by atoms with Gasteiger partial charge < -0.3 is 4.74 Å². The van der Waals surface area contributed by atoms with Gasteiger partial charge >= 0.3 is 5.97 Å². The summed E-state index contributed by atoms with van der Waals surface area (Å²) in [6.45, 7) is 10.0. The van der Waals surface area contributed by atoms with Crippen LogP contribution in [0.4, 0.5) is 0 Å². The molecule has 5 heteroatoms. The Balaban J connectivity index is 2.65. The number of Topliss-reactive ketones (excluding diaryl/α,β-unsaturated/α-hetero) is 1. The minimum atomic E-state index is -0.740. The summed E-state index contributed by atoms with van der Waals surface area (Å²) >= 11 is 0. The van der Waals surface area contributed by atoms with Gasteiger partial charge in [-0.05, 0) is 25.2 Å². The number of carbonyl (C=O) groups is 2. The van der Waals surface area contributed by atoms with E-state index in [1.54, 1.807) is 6.92 Å². The lowest BCUT2D eigenvalue weighted by Crippen LogP contribution is -2.29. The van der Waals surface area contributed by atoms with Crippen LogP contribution < -0.4 is 0 Å². The molecule has 20 heavy (non-hydrogen) atoms. The molecule has 0 spiro atoms. The van der Waals surface area contributed by atoms with Crippen LogP contribution in [-0.4, -0.2) is 42.7 Å². The van der Waals surface area contributed by atoms with Crippen LogP contribution in [0.25, 0.3) is 0 Å². The van der Waals surface area contributed by atoms with E-state index in [-0.39, 0.29) is 24.4 Å². The molecule has 0 N–H and O–H groups in total. The van der Waals surface area contributed by atoms with Gasteiger partial charge in [0.2, 0.25) is 5.78 Å². The number of hydrogen-bond donors (Lipinski definition) is 0. The Morgan fingerprint density at radius 2 is 1.90 bits per heavy atom. The maximum atomic E-state index is 11.8. The van der Waals surface area contributed by atoms with Crippen LogP contribution in [0, 0.1) is 11.3 Å². The molecule has 5 nitrogen and oxygen atoms in total. The summed E-state index contributed by atoms with van der Waals surface area (Å²) in [5.74, 6) is -1.28. The van der Waals surface area contributed by atoms with E-state index in [9.17, 15) is 9.59 Å². The Kier molecular flexibility index (Phi) is 6.17. The summed E-state index contributed by atoms with van der Waals surface area (Å²) in [7, 11) is 0. The van der Waals surface area contributed by atoms with Crippen LogP contribution in [0.1, 0.15) is 47.0 Å². The normalized spacial score (nSPS) is 17.5. The highest BCUT2D eigenvalue weighted by Crippen LogP contribution is 2.28. The zero-order valence-electron chi connectivity index (χ0n) is 13.0. The van der Waals surface area contributed by atoms with Gasteiger partial charge in [0.25, 0.3) is 0 Å². The fourth-order valence-corrected chi connectivity index (χ4v) is 2.07. The van der Waals surface area contributed by atoms with Gasteiger partial charge in [0.05, 0.1) is 6.61 Å². The average molecular weight is 282 g/mol. The van der Waals surface area contributed by atoms with E-state index in [1.165, 1.54) is 12.8 Å². The molecule has 1 aliphatic heterocycles. The van der Waals surface area contributed by atoms with Crippen molar-refractivity contribution in [1.29, 1.82) is 0 Å². The Labute approximate surface area is 121 Å². The van der Waals surface area contributed by atoms with Crippen molar-refractivity contribution in [2.45, 2.75) is 47.0 Å². The number of rotatable bonds is 6. The van der Waals surface area contributed by atoms with Gasteiger partial charge in [-0.1, -0.05) is 20.8 Å². The van der Waals surface area contributed by atoms with E-state index in [1.807, 2.05) is 32.0 Å². The smallest absolute Gasteiger partial charge is 0.374 e. The number of nitrogens with zero attached hydrogens (tertiary/aromatic N) is 2. The molecule has 1 heterocycles. The van der Waals surface area contributed by atoms with Crippen LogP contribution in [0.2, 0.25) is 0 Å². The first-order valence-electron chi connectivity index (χ1n) is 7.33. The first kappa shape index (κ1) is 16.7. The fraction of sp³-hybridized carbons (Fsp3) is 0.800. The number of hydrogen-bond acceptors (Lipinski definition) is 5. The molecule has 1 aliphatic rings. The topological polar surface area (TPSA) is 59.0 Å². The zero-order chi connectivity index (χ0) is 15.2. The highest BCUT2D eigenvalue weighted by atomic mass is 16.5. The summed E-state index contributed by atoms with van der Waals surface area (Å²) in [5, 5.41) is 6.47. The quantitative estimate of drug-likeness (QED) is 0.426. The Morgan fingerprint density at radius 1 is 1.30 bits per heavy atom. The van der Waals surface area contributed by atoms with Crippen molar-refractivity contribution >= 4 is 18.0 Å². The predicted octanol–water partition coefficient (Wildman–Crippen LogP) is 2.25. The SMILES string of the molecule is CCOC(=O)C(=O)C[C@H](/C=N/N1CCCC1)C(C)(C)C. The second kappa shape index (κ2) is 7.41. The van der Waals surface area contributed by atoms with E-state index >= 15 is 0 Å². The maximum Gasteiger partial charge on any atom is 0.374 e. The van der Waals surface area contributed by atoms with Gasteiger partial charge in [-0.2, -0.15) is 5.10 Å². The van der Waals surface area contributed by atoms with E-state index < -0.39 is 11.8 Å². The average Bonchev–Trinajstić information content (AvgIpc) is 2.86. The Bertz CT molecular complexity index is 366. The molecule has 1 atom stereocenters. The molecule has 0 aliphatic carbocycles. The van der Waals surface area contributed by atoms with Gasteiger partial charge in [-0.15, -0.1) is 0 Å². The molecule has 0 aromatic heterocycles. The standard InChI is InChI=1S/C15H26N2O3/c1-5-20-14(19)13(18)10-12(15(2,3)4)11-16-17-8-6-7-9-17/h11-12H,5-10H2,1-4H3/b16-11+/t12-/m1/s1. The summed E-state index contributed by atoms with van der Waals surface area (Å²) in [4.78, 5) is 23.3. The first-order valence-corrected chi connectivity index (χ1v) is 7.33. The van der Waals surface area contributed by atoms with Crippen LogP contribution in [0.3, 0.4) is 0 Å². The fourth-order valence-electron chi connectivity index (χ4n) is 2.07. The molecule has 0 amide bonds. The number of hydrazone groups is 1. The monoisotopic (exact) mass is 282 g/mol. The van der Waals surface area contributed by atoms with Gasteiger partial charge in [0.1, 0.15) is 0 Å². The predicted molar refractivity (Wildman–Crippen MR) is 78.5 cm³/mol. The maximum absolute atomic E-state index is 11.8. The highest BCUT2D eigenvalue weighted by Gasteiger charge is 2.29. The van der Waals surface area contributed by atoms with Crippen molar-refractivity contribution in [1.82, 2.24) is 5.01 Å². The van der Waals surface area contributed by atoms with Crippen molar-refractivity contribution in [3.05, 3.63) is 0 Å². The van der Waals surface area contributed by atoms with E-state index in [2.05, 4.69) is 5.10 Å². The third-order valence-corrected chi connectivity index (χ3v) is 3.51. The van der Waals surface area contributed by atoms with E-state index in [4.69, 9.17) is 4.74 Å². The van der Waals surface area contributed by atoms with Gasteiger partial charge in [-0.3, -0.25) is 9.80 Å². The highest BCUT2D eigenvalue weighted by molar-refractivity contribution is 6.33. The molecule has 114 valence electrons. The molecule has 0 unspecified atom stereocenters. The molecule has 0 bridgehead atoms. The molecular weight excluding hydrogens is 256 g/mol. The summed E-state index contributed by atoms with van der Waals surface area (Å²) in [6.07, 6.45) is 4.31. The summed E-state index contributed by atoms with van der Waals surface area (Å²) < 4.78 is 4.75. The van der Waals surface area contributed by atoms with Crippen molar-refractivity contribution in [3.8, 4) is 0 Å². The second-order valence-electron chi connectivity index (χ2n) is 6.25. The lowest BCUT2D eigenvalue weighted by Gasteiger charge is -2.27. The number of ether oxygens (including phenoxy) is 1. The minimum absolute atomic E-state index is 0.0694. The number of esters is 1. The molecule has 0 radical (unpaired) electrons. The summed E-state index contributed by atoms with van der Waals surface area (Å²) in [6, 6.07) is 0. The third-order valence-electron chi connectivity index (χ3n) is 3.51. The largest absolute Gasteiger partial charge is 0.460 e. The lowest BCUT2D eigenvalue weighted by atomic mass is 9.78. The molecule has 0 aromatic carbocycles. The van der Waals surface area contributed by atoms with E-state index in [0.29, 0.717) is 0 Å². The number of carbonyl (C=O) groups excluding carboxylic acids is 2. The molecule has 0 saturated carbocycles. The molecular formula is C15H26N2O3. The number of ketones is 1. The lowest BCUT2D eigenvalue weighted by molar-refractivity contribution is -0.153. The summed E-state index contributed by atoms with van der Waals surface area (Å²) in [5.41, 5.74) is -0.120. The van der Waals surface area contributed by atoms with Crippen molar-refractivity contribution in [2.75, 3.05) is 19.7 Å². The van der Waals surface area contributed by atoms with Gasteiger partial charge in [0, 0.05) is 31.6 Å². The van der Waals surface area contributed by atoms with Crippen molar-refractivity contribution < 1.29 is 14.3 Å². The zero-order valence-corrected chi connectivity index (χ0v) is 13.0. The van der Waals surface area contributed by atoms with Crippen molar-refractivity contribution in [3.63, 3.8) is 0 Å². The molecule has 0 aromatic rings. The second-order valence-corrected chi connectivity index (χ2v) is 6.25. The Morgan fingerprint density at radius 3 is 2.40 bits per heavy atom. The van der Waals surface area contributed by atoms with Gasteiger partial charge in [0.15, 0.2) is 0 Å². The van der Waals surface area contributed by atoms with Gasteiger partial charge in [-0.25, -0.2) is 4.79 Å². The third kappa shape index (κ3) is 5.31. The first-order chi connectivity index (χ1) is 9.34. The van der Waals surface area contributed by atoms with E-state index in [0.717, 1.165) is 13.1 Å². The van der Waals surface area contributed by atoms with Crippen molar-refractivity contribution in [2.24, 2.45) is 16.4 Å². The Hall–Kier alpha value is -1.39. The van der Waals surface area contributed by atoms with Crippen LogP contribution in [0.15, 0.2) is 5.10 Å². The molecule has 1 rings (SSSR count). The minimum Gasteiger partial charge on any atom is -0.460 e. The van der Waals surface area contributed by atoms with Crippen LogP contribution in [-0.2, 0) is 14.3 Å². The molecule has 1 saturated heterocycles. The van der Waals surface area contributed by atoms with Crippen LogP contribution in [0.5, 0.6) is 0 Å².